The average molecular weight is 617 g/mol. The van der Waals surface area contributed by atoms with Crippen LogP contribution in [0.15, 0.2) is 54.6 Å². The maximum absolute atomic E-state index is 11.3. The minimum absolute atomic E-state index is 0.00965. The van der Waals surface area contributed by atoms with Crippen molar-refractivity contribution in [1.82, 2.24) is 0 Å². The van der Waals surface area contributed by atoms with Gasteiger partial charge in [0.15, 0.2) is 16.6 Å². The van der Waals surface area contributed by atoms with Crippen LogP contribution >= 0.6 is 0 Å². The van der Waals surface area contributed by atoms with Crippen LogP contribution < -0.4 is 0 Å². The molecule has 0 spiro atoms. The Morgan fingerprint density at radius 1 is 1.00 bits per heavy atom. The molecule has 1 saturated carbocycles. The maximum Gasteiger partial charge on any atom is 0.303 e. The zero-order valence-corrected chi connectivity index (χ0v) is 30.2. The lowest BCUT2D eigenvalue weighted by Crippen LogP contribution is -2.45. The molecule has 7 heteroatoms. The molecule has 2 N–H and O–H groups in total. The number of benzene rings is 1. The molecule has 0 radical (unpaired) electrons. The number of carboxylic acids is 1. The summed E-state index contributed by atoms with van der Waals surface area (Å²) in [6.45, 7) is 22.9. The third-order valence-electron chi connectivity index (χ3n) is 9.84. The predicted octanol–water partition coefficient (Wildman–Crippen LogP) is 9.15. The molecule has 1 fully saturated rings. The van der Waals surface area contributed by atoms with Gasteiger partial charge in [-0.1, -0.05) is 96.2 Å². The quantitative estimate of drug-likeness (QED) is 0.117. The minimum atomic E-state index is -2.05. The predicted molar refractivity (Wildman–Crippen MR) is 181 cm³/mol. The number of aryl methyl sites for hydroxylation is 1. The van der Waals surface area contributed by atoms with Gasteiger partial charge in [0.2, 0.25) is 0 Å². The summed E-state index contributed by atoms with van der Waals surface area (Å²) in [7, 11) is -4.07. The smallest absolute Gasteiger partial charge is 0.303 e. The molecule has 42 heavy (non-hydrogen) atoms. The van der Waals surface area contributed by atoms with Gasteiger partial charge in [-0.2, -0.15) is 0 Å². The summed E-state index contributed by atoms with van der Waals surface area (Å²) in [5.41, 5.74) is 1.32. The van der Waals surface area contributed by atoms with Gasteiger partial charge in [-0.05, 0) is 86.3 Å². The van der Waals surface area contributed by atoms with Crippen molar-refractivity contribution in [3.05, 3.63) is 60.2 Å². The summed E-state index contributed by atoms with van der Waals surface area (Å²) in [6.07, 6.45) is 13.1. The normalized spacial score (nSPS) is 23.2. The van der Waals surface area contributed by atoms with E-state index in [2.05, 4.69) is 122 Å². The topological polar surface area (TPSA) is 76.0 Å². The average Bonchev–Trinajstić information content (AvgIpc) is 3.14. The number of carbonyl (C=O) groups is 1. The van der Waals surface area contributed by atoms with Crippen molar-refractivity contribution in [2.75, 3.05) is 0 Å². The maximum atomic E-state index is 11.3. The molecule has 0 bridgehead atoms. The van der Waals surface area contributed by atoms with E-state index in [0.717, 1.165) is 25.7 Å². The Bertz CT molecular complexity index is 1020. The third kappa shape index (κ3) is 11.2. The molecular weight excluding hydrogens is 557 g/mol. The molecule has 5 nitrogen and oxygen atoms in total. The standard InChI is InChI=1S/C35H60O5Si2/c1-34(2,3)41(7,8)39-28(23-22-27-18-14-13-15-19-27)24-25-30-29(20-16-11-12-17-21-33(37)38)31(36)26-32(30)40-42(9,10)35(4,5)6/h11,13-16,18-19,24-25,28-32,36H,12,17,20-23,26H2,1-10H3,(H,37,38)/b16-11+,25-24+/t28-,29+,30+,31-,32+/m0/s1. The summed E-state index contributed by atoms with van der Waals surface area (Å²) < 4.78 is 13.9. The molecule has 1 aliphatic carbocycles. The highest BCUT2D eigenvalue weighted by Gasteiger charge is 2.47. The number of allylic oxidation sites excluding steroid dienone is 2. The number of aliphatic carboxylic acids is 1. The summed E-state index contributed by atoms with van der Waals surface area (Å²) in [5.74, 6) is -0.624. The fraction of sp³-hybridized carbons (Fsp3) is 0.686. The van der Waals surface area contributed by atoms with Gasteiger partial charge in [0.05, 0.1) is 18.3 Å². The van der Waals surface area contributed by atoms with Crippen LogP contribution in [0.3, 0.4) is 0 Å². The Labute approximate surface area is 259 Å². The van der Waals surface area contributed by atoms with Crippen LogP contribution in [0, 0.1) is 11.8 Å². The monoisotopic (exact) mass is 616 g/mol. The van der Waals surface area contributed by atoms with Gasteiger partial charge in [0.1, 0.15) is 0 Å². The number of rotatable bonds is 15. The number of hydrogen-bond donors (Lipinski definition) is 2. The van der Waals surface area contributed by atoms with Crippen LogP contribution in [0.5, 0.6) is 0 Å². The van der Waals surface area contributed by atoms with Gasteiger partial charge in [-0.3, -0.25) is 4.79 Å². The van der Waals surface area contributed by atoms with Crippen molar-refractivity contribution >= 4 is 22.6 Å². The Kier molecular flexibility index (Phi) is 13.5. The molecule has 0 saturated heterocycles. The van der Waals surface area contributed by atoms with Crippen molar-refractivity contribution < 1.29 is 23.9 Å². The van der Waals surface area contributed by atoms with Gasteiger partial charge in [-0.15, -0.1) is 0 Å². The SMILES string of the molecule is CC(C)(C)[Si](C)(C)O[C@H](/C=C/[C@@H]1[C@@H](C/C=C/CCCC(=O)O)[C@@H](O)C[C@H]1O[Si](C)(C)C(C)(C)C)CCc1ccccc1. The lowest BCUT2D eigenvalue weighted by Gasteiger charge is -2.40. The van der Waals surface area contributed by atoms with Crippen LogP contribution in [0.4, 0.5) is 0 Å². The second-order valence-corrected chi connectivity index (χ2v) is 24.8. The molecule has 1 aromatic carbocycles. The van der Waals surface area contributed by atoms with E-state index in [9.17, 15) is 9.90 Å². The zero-order valence-electron chi connectivity index (χ0n) is 28.2. The lowest BCUT2D eigenvalue weighted by molar-refractivity contribution is -0.137. The van der Waals surface area contributed by atoms with E-state index in [0.29, 0.717) is 12.8 Å². The Morgan fingerprint density at radius 3 is 2.19 bits per heavy atom. The van der Waals surface area contributed by atoms with E-state index >= 15 is 0 Å². The fourth-order valence-corrected chi connectivity index (χ4v) is 7.73. The largest absolute Gasteiger partial charge is 0.481 e. The first-order chi connectivity index (χ1) is 19.3. The molecule has 0 heterocycles. The second kappa shape index (κ2) is 15.5. The second-order valence-electron chi connectivity index (χ2n) is 15.3. The van der Waals surface area contributed by atoms with Crippen molar-refractivity contribution in [1.29, 1.82) is 0 Å². The summed E-state index contributed by atoms with van der Waals surface area (Å²) in [5, 5.41) is 20.4. The molecule has 1 aliphatic rings. The van der Waals surface area contributed by atoms with Crippen LogP contribution in [0.2, 0.25) is 36.3 Å². The van der Waals surface area contributed by atoms with Crippen LogP contribution in [-0.2, 0) is 20.1 Å². The minimum Gasteiger partial charge on any atom is -0.481 e. The molecule has 0 aliphatic heterocycles. The lowest BCUT2D eigenvalue weighted by atomic mass is 9.89. The number of aliphatic hydroxyl groups is 1. The number of hydrogen-bond acceptors (Lipinski definition) is 4. The Morgan fingerprint density at radius 2 is 1.62 bits per heavy atom. The molecule has 238 valence electrons. The highest BCUT2D eigenvalue weighted by molar-refractivity contribution is 6.74. The first-order valence-corrected chi connectivity index (χ1v) is 21.8. The van der Waals surface area contributed by atoms with E-state index in [-0.39, 0.29) is 40.5 Å². The van der Waals surface area contributed by atoms with E-state index in [1.807, 2.05) is 0 Å². The van der Waals surface area contributed by atoms with E-state index < -0.39 is 28.7 Å². The summed E-state index contributed by atoms with van der Waals surface area (Å²) in [4.78, 5) is 10.9. The third-order valence-corrected chi connectivity index (χ3v) is 18.8. The van der Waals surface area contributed by atoms with Crippen LogP contribution in [-0.4, -0.2) is 51.1 Å². The van der Waals surface area contributed by atoms with Gasteiger partial charge in [0, 0.05) is 12.3 Å². The van der Waals surface area contributed by atoms with Crippen molar-refractivity contribution in [3.8, 4) is 0 Å². The van der Waals surface area contributed by atoms with Crippen LogP contribution in [0.25, 0.3) is 0 Å². The van der Waals surface area contributed by atoms with Gasteiger partial charge < -0.3 is 19.1 Å². The number of aliphatic hydroxyl groups excluding tert-OH is 1. The molecule has 1 aromatic rings. The highest BCUT2D eigenvalue weighted by atomic mass is 28.4. The number of carboxylic acid groups (broad SMARTS) is 1. The molecule has 2 rings (SSSR count). The van der Waals surface area contributed by atoms with Gasteiger partial charge in [-0.25, -0.2) is 0 Å². The van der Waals surface area contributed by atoms with E-state index in [4.69, 9.17) is 14.0 Å². The zero-order chi connectivity index (χ0) is 31.8. The summed E-state index contributed by atoms with van der Waals surface area (Å²) >= 11 is 0. The Hall–Kier alpha value is -1.52. The molecular formula is C35H60O5Si2. The molecule has 0 aromatic heterocycles. The van der Waals surface area contributed by atoms with Crippen molar-refractivity contribution in [2.24, 2.45) is 11.8 Å². The first kappa shape index (κ1) is 36.7. The molecule has 0 unspecified atom stereocenters. The highest BCUT2D eigenvalue weighted by Crippen LogP contribution is 2.44. The van der Waals surface area contributed by atoms with E-state index in [1.54, 1.807) is 0 Å². The first-order valence-electron chi connectivity index (χ1n) is 16.0. The fourth-order valence-electron chi connectivity index (χ4n) is 5.06. The molecule has 5 atom stereocenters. The van der Waals surface area contributed by atoms with E-state index in [1.165, 1.54) is 5.56 Å². The number of unbranched alkanes of at least 4 members (excludes halogenated alkanes) is 1. The summed E-state index contributed by atoms with van der Waals surface area (Å²) in [6, 6.07) is 10.6. The van der Waals surface area contributed by atoms with Crippen LogP contribution in [0.1, 0.15) is 85.6 Å². The molecule has 0 amide bonds. The van der Waals surface area contributed by atoms with Gasteiger partial charge >= 0.3 is 5.97 Å². The van der Waals surface area contributed by atoms with Crippen molar-refractivity contribution in [3.63, 3.8) is 0 Å². The van der Waals surface area contributed by atoms with Crippen molar-refractivity contribution in [2.45, 2.75) is 141 Å². The Balaban J connectivity index is 2.34. The van der Waals surface area contributed by atoms with Gasteiger partial charge in [0.25, 0.3) is 0 Å².